The zero-order valence-corrected chi connectivity index (χ0v) is 29.4. The lowest BCUT2D eigenvalue weighted by atomic mass is 9.43. The summed E-state index contributed by atoms with van der Waals surface area (Å²) >= 11 is 12.4. The fourth-order valence-electron chi connectivity index (χ4n) is 11.9. The zero-order chi connectivity index (χ0) is 32.5. The van der Waals surface area contributed by atoms with E-state index in [-0.39, 0.29) is 41.0 Å². The molecule has 4 saturated carbocycles. The SMILES string of the molecule is C[C@H](CCC(=O)N1CCN2C(=O)N(Cc3cc(Cl)cc(Cl)c3)CC2C1)[C@H]1CC[C@H]2[C@@H]3[C@@H](O)C[C@@H]4C[C@H](O)CC[C@]4(C)[C@H]3CC[C@]12C. The molecule has 7 nitrogen and oxygen atoms in total. The molecule has 11 atom stereocenters. The van der Waals surface area contributed by atoms with Crippen molar-refractivity contribution in [1.29, 1.82) is 0 Å². The number of halogens is 2. The molecule has 2 aliphatic heterocycles. The van der Waals surface area contributed by atoms with Crippen molar-refractivity contribution in [2.45, 2.75) is 110 Å². The van der Waals surface area contributed by atoms with Gasteiger partial charge in [0.05, 0.1) is 18.2 Å². The summed E-state index contributed by atoms with van der Waals surface area (Å²) in [6.45, 7) is 10.2. The molecule has 6 aliphatic rings. The van der Waals surface area contributed by atoms with E-state index in [1.165, 1.54) is 25.7 Å². The number of nitrogens with zero attached hydrogens (tertiary/aromatic N) is 3. The lowest BCUT2D eigenvalue weighted by molar-refractivity contribution is -0.174. The molecule has 46 heavy (non-hydrogen) atoms. The van der Waals surface area contributed by atoms with Crippen LogP contribution in [0.4, 0.5) is 4.79 Å². The first-order chi connectivity index (χ1) is 21.9. The average molecular weight is 675 g/mol. The Labute approximate surface area is 285 Å². The van der Waals surface area contributed by atoms with Gasteiger partial charge < -0.3 is 24.9 Å². The number of amides is 3. The van der Waals surface area contributed by atoms with Crippen molar-refractivity contribution in [2.24, 2.45) is 46.3 Å². The Bertz CT molecular complexity index is 1330. The van der Waals surface area contributed by atoms with Gasteiger partial charge >= 0.3 is 6.03 Å². The maximum absolute atomic E-state index is 13.5. The minimum absolute atomic E-state index is 0.0118. The van der Waals surface area contributed by atoms with Crippen LogP contribution in [0.5, 0.6) is 0 Å². The minimum atomic E-state index is -0.256. The van der Waals surface area contributed by atoms with E-state index in [1.807, 2.05) is 26.8 Å². The van der Waals surface area contributed by atoms with Crippen LogP contribution in [-0.2, 0) is 11.3 Å². The van der Waals surface area contributed by atoms with Crippen LogP contribution >= 0.6 is 23.2 Å². The van der Waals surface area contributed by atoms with Crippen LogP contribution in [0.15, 0.2) is 18.2 Å². The van der Waals surface area contributed by atoms with E-state index in [2.05, 4.69) is 20.8 Å². The van der Waals surface area contributed by atoms with Gasteiger partial charge in [-0.15, -0.1) is 0 Å². The standard InChI is InChI=1S/C37H53Cl2N3O4/c1-22(29-5-6-30-34-31(9-11-37(29,30)3)36(2)10-8-28(43)16-24(36)17-32(34)44)4-7-33(45)40-12-13-42-27(20-40)21-41(35(42)46)19-23-14-25(38)18-26(39)15-23/h14-15,18,22,24,27-32,34,43-44H,4-13,16-17,19-21H2,1-3H3/t22-,24+,27?,28-,29-,30+,31+,32+,34+,36+,37-/m1/s1. The summed E-state index contributed by atoms with van der Waals surface area (Å²) < 4.78 is 0. The van der Waals surface area contributed by atoms with Gasteiger partial charge in [-0.2, -0.15) is 0 Å². The van der Waals surface area contributed by atoms with Crippen LogP contribution in [0.3, 0.4) is 0 Å². The number of piperazine rings is 1. The normalized spacial score (nSPS) is 41.1. The highest BCUT2D eigenvalue weighted by molar-refractivity contribution is 6.34. The number of benzene rings is 1. The van der Waals surface area contributed by atoms with Crippen molar-refractivity contribution >= 4 is 35.1 Å². The number of rotatable bonds is 6. The third kappa shape index (κ3) is 5.67. The molecule has 2 heterocycles. The van der Waals surface area contributed by atoms with E-state index in [9.17, 15) is 19.8 Å². The fourth-order valence-corrected chi connectivity index (χ4v) is 12.5. The van der Waals surface area contributed by atoms with Crippen molar-refractivity contribution in [3.63, 3.8) is 0 Å². The Morgan fingerprint density at radius 2 is 1.67 bits per heavy atom. The predicted molar refractivity (Wildman–Crippen MR) is 180 cm³/mol. The minimum Gasteiger partial charge on any atom is -0.393 e. The van der Waals surface area contributed by atoms with Crippen molar-refractivity contribution in [3.8, 4) is 0 Å². The quantitative estimate of drug-likeness (QED) is 0.346. The molecule has 0 aromatic heterocycles. The highest BCUT2D eigenvalue weighted by atomic mass is 35.5. The predicted octanol–water partition coefficient (Wildman–Crippen LogP) is 6.85. The summed E-state index contributed by atoms with van der Waals surface area (Å²) in [6.07, 6.45) is 9.49. The number of fused-ring (bicyclic) bond motifs is 6. The molecule has 6 fully saturated rings. The Hall–Kier alpha value is -1.54. The lowest BCUT2D eigenvalue weighted by Crippen LogP contribution is -2.58. The molecule has 9 heteroatoms. The van der Waals surface area contributed by atoms with Crippen LogP contribution in [0.1, 0.15) is 90.5 Å². The van der Waals surface area contributed by atoms with E-state index >= 15 is 0 Å². The highest BCUT2D eigenvalue weighted by Gasteiger charge is 2.62. The van der Waals surface area contributed by atoms with Crippen LogP contribution < -0.4 is 0 Å². The van der Waals surface area contributed by atoms with E-state index < -0.39 is 0 Å². The van der Waals surface area contributed by atoms with E-state index in [0.717, 1.165) is 37.7 Å². The second-order valence-corrected chi connectivity index (χ2v) is 17.5. The monoisotopic (exact) mass is 673 g/mol. The topological polar surface area (TPSA) is 84.3 Å². The van der Waals surface area contributed by atoms with Gasteiger partial charge in [-0.05, 0) is 128 Å². The van der Waals surface area contributed by atoms with E-state index in [4.69, 9.17) is 23.2 Å². The van der Waals surface area contributed by atoms with Gasteiger partial charge in [0.1, 0.15) is 0 Å². The number of urea groups is 1. The Balaban J connectivity index is 0.941. The second-order valence-electron chi connectivity index (χ2n) is 16.6. The van der Waals surface area contributed by atoms with Crippen molar-refractivity contribution in [1.82, 2.24) is 14.7 Å². The molecule has 1 aromatic carbocycles. The van der Waals surface area contributed by atoms with Crippen LogP contribution in [-0.4, -0.2) is 81.3 Å². The second kappa shape index (κ2) is 12.4. The molecule has 0 spiro atoms. The van der Waals surface area contributed by atoms with Gasteiger partial charge in [-0.3, -0.25) is 4.79 Å². The van der Waals surface area contributed by atoms with Gasteiger partial charge in [-0.25, -0.2) is 4.79 Å². The molecule has 0 radical (unpaired) electrons. The number of hydrogen-bond acceptors (Lipinski definition) is 4. The number of aliphatic hydroxyl groups excluding tert-OH is 2. The average Bonchev–Trinajstić information content (AvgIpc) is 3.51. The number of hydrogen-bond donors (Lipinski definition) is 2. The summed E-state index contributed by atoms with van der Waals surface area (Å²) in [5.41, 5.74) is 1.37. The van der Waals surface area contributed by atoms with Crippen LogP contribution in [0.2, 0.25) is 10.0 Å². The van der Waals surface area contributed by atoms with Gasteiger partial charge in [0.2, 0.25) is 5.91 Å². The Kier molecular flexibility index (Phi) is 8.90. The number of carbonyl (C=O) groups is 2. The molecule has 0 bridgehead atoms. The zero-order valence-electron chi connectivity index (χ0n) is 27.8. The molecular formula is C37H53Cl2N3O4. The van der Waals surface area contributed by atoms with Gasteiger partial charge in [-0.1, -0.05) is 44.0 Å². The van der Waals surface area contributed by atoms with Gasteiger partial charge in [0.25, 0.3) is 0 Å². The summed E-state index contributed by atoms with van der Waals surface area (Å²) in [4.78, 5) is 32.5. The molecule has 7 rings (SSSR count). The van der Waals surface area contributed by atoms with Crippen LogP contribution in [0.25, 0.3) is 0 Å². The third-order valence-electron chi connectivity index (χ3n) is 14.3. The lowest BCUT2D eigenvalue weighted by Gasteiger charge is -2.62. The molecule has 254 valence electrons. The maximum Gasteiger partial charge on any atom is 0.320 e. The first kappa shape index (κ1) is 33.0. The van der Waals surface area contributed by atoms with Gasteiger partial charge in [0, 0.05) is 49.2 Å². The fraction of sp³-hybridized carbons (Fsp3) is 0.784. The summed E-state index contributed by atoms with van der Waals surface area (Å²) in [7, 11) is 0. The van der Waals surface area contributed by atoms with Crippen molar-refractivity contribution in [2.75, 3.05) is 26.2 Å². The van der Waals surface area contributed by atoms with E-state index in [1.54, 1.807) is 6.07 Å². The highest BCUT2D eigenvalue weighted by Crippen LogP contribution is 2.68. The smallest absolute Gasteiger partial charge is 0.320 e. The van der Waals surface area contributed by atoms with Crippen LogP contribution in [0, 0.1) is 46.3 Å². The summed E-state index contributed by atoms with van der Waals surface area (Å²) in [5, 5.41) is 23.1. The first-order valence-electron chi connectivity index (χ1n) is 18.0. The summed E-state index contributed by atoms with van der Waals surface area (Å²) in [6, 6.07) is 5.43. The Morgan fingerprint density at radius 3 is 2.43 bits per heavy atom. The third-order valence-corrected chi connectivity index (χ3v) is 14.7. The molecule has 2 saturated heterocycles. The number of aliphatic hydroxyl groups is 2. The molecule has 2 N–H and O–H groups in total. The largest absolute Gasteiger partial charge is 0.393 e. The molecule has 1 aromatic rings. The molecular weight excluding hydrogens is 621 g/mol. The summed E-state index contributed by atoms with van der Waals surface area (Å²) in [5.74, 6) is 3.16. The van der Waals surface area contributed by atoms with E-state index in [0.29, 0.717) is 84.7 Å². The molecule has 1 unspecified atom stereocenters. The Morgan fingerprint density at radius 1 is 0.957 bits per heavy atom. The maximum atomic E-state index is 13.5. The molecule has 4 aliphatic carbocycles. The molecule has 3 amide bonds. The first-order valence-corrected chi connectivity index (χ1v) is 18.8. The van der Waals surface area contributed by atoms with Crippen molar-refractivity contribution in [3.05, 3.63) is 33.8 Å². The van der Waals surface area contributed by atoms with Gasteiger partial charge in [0.15, 0.2) is 0 Å². The number of carbonyl (C=O) groups excluding carboxylic acids is 2. The van der Waals surface area contributed by atoms with Crippen molar-refractivity contribution < 1.29 is 19.8 Å².